The second kappa shape index (κ2) is 11.5. The third-order valence-electron chi connectivity index (χ3n) is 5.00. The molecule has 1 aromatic heterocycles. The number of hydrogen-bond acceptors (Lipinski definition) is 5. The molecule has 1 N–H and O–H groups in total. The number of carbonyl (C=O) groups is 1. The van der Waals surface area contributed by atoms with Gasteiger partial charge in [-0.15, -0.1) is 16.8 Å². The molecule has 7 heteroatoms. The maximum atomic E-state index is 12.4. The molecule has 0 spiro atoms. The van der Waals surface area contributed by atoms with Gasteiger partial charge in [-0.3, -0.25) is 9.36 Å². The van der Waals surface area contributed by atoms with Crippen LogP contribution in [0.2, 0.25) is 0 Å². The number of rotatable bonds is 11. The smallest absolute Gasteiger partial charge is 0.234 e. The van der Waals surface area contributed by atoms with Crippen LogP contribution in [-0.2, 0) is 24.4 Å². The molecule has 0 aliphatic heterocycles. The lowest BCUT2D eigenvalue weighted by molar-refractivity contribution is -0.113. The van der Waals surface area contributed by atoms with Crippen LogP contribution in [0.15, 0.2) is 66.3 Å². The average molecular weight is 451 g/mol. The van der Waals surface area contributed by atoms with Crippen molar-refractivity contribution in [3.63, 3.8) is 0 Å². The van der Waals surface area contributed by atoms with E-state index < -0.39 is 0 Å². The van der Waals surface area contributed by atoms with Gasteiger partial charge >= 0.3 is 0 Å². The molecule has 0 unspecified atom stereocenters. The van der Waals surface area contributed by atoms with E-state index in [1.54, 1.807) is 6.08 Å². The van der Waals surface area contributed by atoms with Gasteiger partial charge in [0.2, 0.25) is 5.91 Å². The van der Waals surface area contributed by atoms with Gasteiger partial charge in [-0.1, -0.05) is 62.9 Å². The normalized spacial score (nSPS) is 10.9. The molecule has 0 saturated heterocycles. The van der Waals surface area contributed by atoms with Crippen molar-refractivity contribution in [1.82, 2.24) is 14.8 Å². The third kappa shape index (κ3) is 6.47. The molecule has 0 aliphatic rings. The van der Waals surface area contributed by atoms with Crippen molar-refractivity contribution < 1.29 is 9.53 Å². The first-order valence-corrected chi connectivity index (χ1v) is 11.8. The van der Waals surface area contributed by atoms with E-state index in [2.05, 4.69) is 55.0 Å². The Morgan fingerprint density at radius 3 is 2.50 bits per heavy atom. The molecule has 6 nitrogen and oxygen atoms in total. The predicted octanol–water partition coefficient (Wildman–Crippen LogP) is 5.46. The Labute approximate surface area is 194 Å². The molecule has 1 amide bonds. The SMILES string of the molecule is C=CCn1c(COc2ccc(C(C)C)cc2)nnc1SCC(=O)Nc1ccc(CC)cc1. The molecule has 0 aliphatic carbocycles. The fraction of sp³-hybridized carbons (Fsp3) is 0.320. The molecule has 2 aromatic carbocycles. The highest BCUT2D eigenvalue weighted by atomic mass is 32.2. The number of benzene rings is 2. The zero-order valence-corrected chi connectivity index (χ0v) is 19.7. The minimum absolute atomic E-state index is 0.0876. The van der Waals surface area contributed by atoms with Gasteiger partial charge in [0.15, 0.2) is 11.0 Å². The van der Waals surface area contributed by atoms with Gasteiger partial charge in [0.05, 0.1) is 5.75 Å². The Morgan fingerprint density at radius 1 is 1.16 bits per heavy atom. The summed E-state index contributed by atoms with van der Waals surface area (Å²) in [6.07, 6.45) is 2.75. The third-order valence-corrected chi connectivity index (χ3v) is 5.96. The Hall–Kier alpha value is -3.06. The summed E-state index contributed by atoms with van der Waals surface area (Å²) in [6.45, 7) is 11.1. The first-order chi connectivity index (χ1) is 15.5. The highest BCUT2D eigenvalue weighted by molar-refractivity contribution is 7.99. The van der Waals surface area contributed by atoms with Crippen LogP contribution >= 0.6 is 11.8 Å². The van der Waals surface area contributed by atoms with E-state index >= 15 is 0 Å². The van der Waals surface area contributed by atoms with Crippen molar-refractivity contribution >= 4 is 23.4 Å². The van der Waals surface area contributed by atoms with Crippen LogP contribution in [0.25, 0.3) is 0 Å². The number of allylic oxidation sites excluding steroid dienone is 1. The molecule has 0 atom stereocenters. The number of amides is 1. The van der Waals surface area contributed by atoms with Gasteiger partial charge in [0.1, 0.15) is 12.4 Å². The van der Waals surface area contributed by atoms with E-state index in [1.165, 1.54) is 22.9 Å². The number of ether oxygens (including phenoxy) is 1. The van der Waals surface area contributed by atoms with Crippen molar-refractivity contribution in [1.29, 1.82) is 0 Å². The van der Waals surface area contributed by atoms with Gasteiger partial charge in [0.25, 0.3) is 0 Å². The Morgan fingerprint density at radius 2 is 1.88 bits per heavy atom. The molecule has 3 aromatic rings. The van der Waals surface area contributed by atoms with Gasteiger partial charge in [-0.2, -0.15) is 0 Å². The quantitative estimate of drug-likeness (QED) is 0.310. The lowest BCUT2D eigenvalue weighted by Gasteiger charge is -2.10. The van der Waals surface area contributed by atoms with E-state index in [0.29, 0.717) is 30.1 Å². The predicted molar refractivity (Wildman–Crippen MR) is 130 cm³/mol. The van der Waals surface area contributed by atoms with E-state index in [0.717, 1.165) is 17.9 Å². The summed E-state index contributed by atoms with van der Waals surface area (Å²) in [7, 11) is 0. The minimum Gasteiger partial charge on any atom is -0.486 e. The highest BCUT2D eigenvalue weighted by Crippen LogP contribution is 2.21. The monoisotopic (exact) mass is 450 g/mol. The zero-order valence-electron chi connectivity index (χ0n) is 18.9. The van der Waals surface area contributed by atoms with Crippen LogP contribution in [0.4, 0.5) is 5.69 Å². The lowest BCUT2D eigenvalue weighted by atomic mass is 10.0. The van der Waals surface area contributed by atoms with Crippen LogP contribution in [0, 0.1) is 0 Å². The number of nitrogens with zero attached hydrogens (tertiary/aromatic N) is 3. The number of hydrogen-bond donors (Lipinski definition) is 1. The van der Waals surface area contributed by atoms with Crippen molar-refractivity contribution in [3.05, 3.63) is 78.1 Å². The van der Waals surface area contributed by atoms with Crippen molar-refractivity contribution in [2.75, 3.05) is 11.1 Å². The molecule has 0 radical (unpaired) electrons. The fourth-order valence-electron chi connectivity index (χ4n) is 3.09. The van der Waals surface area contributed by atoms with E-state index in [-0.39, 0.29) is 11.7 Å². The lowest BCUT2D eigenvalue weighted by Crippen LogP contribution is -2.15. The molecule has 3 rings (SSSR count). The van der Waals surface area contributed by atoms with Crippen LogP contribution < -0.4 is 10.1 Å². The van der Waals surface area contributed by atoms with Crippen molar-refractivity contribution in [3.8, 4) is 5.75 Å². The number of thioether (sulfide) groups is 1. The summed E-state index contributed by atoms with van der Waals surface area (Å²) in [5.74, 6) is 2.10. The highest BCUT2D eigenvalue weighted by Gasteiger charge is 2.14. The Bertz CT molecular complexity index is 1030. The zero-order chi connectivity index (χ0) is 22.9. The minimum atomic E-state index is -0.0876. The second-order valence-corrected chi connectivity index (χ2v) is 8.64. The summed E-state index contributed by atoms with van der Waals surface area (Å²) in [4.78, 5) is 12.4. The first kappa shape index (κ1) is 23.6. The second-order valence-electron chi connectivity index (χ2n) is 7.70. The van der Waals surface area contributed by atoms with E-state index in [9.17, 15) is 4.79 Å². The summed E-state index contributed by atoms with van der Waals surface area (Å²) in [5.41, 5.74) is 3.30. The maximum absolute atomic E-state index is 12.4. The number of anilines is 1. The van der Waals surface area contributed by atoms with Crippen LogP contribution in [0.1, 0.15) is 43.6 Å². The topological polar surface area (TPSA) is 69.0 Å². The average Bonchev–Trinajstić information content (AvgIpc) is 3.19. The molecule has 0 fully saturated rings. The number of aryl methyl sites for hydroxylation is 1. The van der Waals surface area contributed by atoms with Crippen molar-refractivity contribution in [2.45, 2.75) is 51.4 Å². The summed E-state index contributed by atoms with van der Waals surface area (Å²) < 4.78 is 7.82. The van der Waals surface area contributed by atoms with Gasteiger partial charge < -0.3 is 10.1 Å². The molecule has 0 bridgehead atoms. The molecule has 168 valence electrons. The maximum Gasteiger partial charge on any atom is 0.234 e. The fourth-order valence-corrected chi connectivity index (χ4v) is 3.86. The summed E-state index contributed by atoms with van der Waals surface area (Å²) in [6, 6.07) is 16.0. The molecular formula is C25H30N4O2S. The number of aromatic nitrogens is 3. The molecule has 0 saturated carbocycles. The van der Waals surface area contributed by atoms with Crippen LogP contribution in [-0.4, -0.2) is 26.4 Å². The Kier molecular flexibility index (Phi) is 8.50. The summed E-state index contributed by atoms with van der Waals surface area (Å²) in [5, 5.41) is 12.1. The Balaban J connectivity index is 1.58. The van der Waals surface area contributed by atoms with E-state index in [1.807, 2.05) is 41.0 Å². The largest absolute Gasteiger partial charge is 0.486 e. The van der Waals surface area contributed by atoms with Crippen molar-refractivity contribution in [2.24, 2.45) is 0 Å². The number of nitrogens with one attached hydrogen (secondary N) is 1. The van der Waals surface area contributed by atoms with Gasteiger partial charge in [0, 0.05) is 12.2 Å². The molecular weight excluding hydrogens is 420 g/mol. The van der Waals surface area contributed by atoms with Crippen LogP contribution in [0.3, 0.4) is 0 Å². The molecule has 32 heavy (non-hydrogen) atoms. The van der Waals surface area contributed by atoms with Crippen LogP contribution in [0.5, 0.6) is 5.75 Å². The summed E-state index contributed by atoms with van der Waals surface area (Å²) >= 11 is 1.34. The molecule has 1 heterocycles. The first-order valence-electron chi connectivity index (χ1n) is 10.8. The van der Waals surface area contributed by atoms with Gasteiger partial charge in [-0.25, -0.2) is 0 Å². The van der Waals surface area contributed by atoms with Gasteiger partial charge in [-0.05, 0) is 47.7 Å². The van der Waals surface area contributed by atoms with E-state index in [4.69, 9.17) is 4.74 Å². The standard InChI is InChI=1S/C25H30N4O2S/c1-5-15-29-23(16-31-22-13-9-20(10-14-22)18(3)4)27-28-25(29)32-17-24(30)26-21-11-7-19(6-2)8-12-21/h5,7-14,18H,1,6,15-17H2,2-4H3,(H,26,30). The number of carbonyl (C=O) groups excluding carboxylic acids is 1.